The Morgan fingerprint density at radius 1 is 0.844 bits per heavy atom. The van der Waals surface area contributed by atoms with Crippen molar-refractivity contribution in [3.8, 4) is 0 Å². The molecular weight excluding hydrogens is 418 g/mol. The van der Waals surface area contributed by atoms with Gasteiger partial charge in [-0.05, 0) is 48.9 Å². The lowest BCUT2D eigenvalue weighted by atomic mass is 10.2. The van der Waals surface area contributed by atoms with E-state index in [1.54, 1.807) is 11.3 Å². The predicted molar refractivity (Wildman–Crippen MR) is 133 cm³/mol. The van der Waals surface area contributed by atoms with Gasteiger partial charge in [0.25, 0.3) is 0 Å². The number of rotatable bonds is 6. The van der Waals surface area contributed by atoms with Crippen LogP contribution in [0, 0.1) is 6.92 Å². The Morgan fingerprint density at radius 3 is 2.19 bits per heavy atom. The molecule has 0 atom stereocenters. The first kappa shape index (κ1) is 19.8. The summed E-state index contributed by atoms with van der Waals surface area (Å²) in [5.74, 6) is 0.992. The molecule has 0 saturated carbocycles. The van der Waals surface area contributed by atoms with E-state index < -0.39 is 0 Å². The lowest BCUT2D eigenvalue weighted by Crippen LogP contribution is -2.26. The lowest BCUT2D eigenvalue weighted by Gasteiger charge is -2.26. The summed E-state index contributed by atoms with van der Waals surface area (Å²) in [6.07, 6.45) is 1.48. The minimum Gasteiger partial charge on any atom is -0.393 e. The Kier molecular flexibility index (Phi) is 5.27. The zero-order valence-electron chi connectivity index (χ0n) is 17.4. The quantitative estimate of drug-likeness (QED) is 0.284. The number of hydrazine groups is 1. The van der Waals surface area contributed by atoms with E-state index in [1.807, 2.05) is 71.7 Å². The van der Waals surface area contributed by atoms with Crippen LogP contribution in [0.5, 0.6) is 0 Å². The van der Waals surface area contributed by atoms with Gasteiger partial charge in [-0.3, -0.25) is 10.4 Å². The molecule has 2 heterocycles. The van der Waals surface area contributed by atoms with Crippen LogP contribution in [0.2, 0.25) is 0 Å². The summed E-state index contributed by atoms with van der Waals surface area (Å²) < 4.78 is 1.11. The first-order valence-electron chi connectivity index (χ1n) is 10.1. The Labute approximate surface area is 189 Å². The predicted octanol–water partition coefficient (Wildman–Crippen LogP) is 5.89. The molecule has 0 bridgehead atoms. The van der Waals surface area contributed by atoms with Crippen molar-refractivity contribution in [1.82, 2.24) is 15.0 Å². The number of para-hydroxylation sites is 2. The molecular formula is C24H21N7S. The molecule has 0 amide bonds. The first-order valence-corrected chi connectivity index (χ1v) is 10.9. The summed E-state index contributed by atoms with van der Waals surface area (Å²) in [7, 11) is 0. The summed E-state index contributed by atoms with van der Waals surface area (Å²) >= 11 is 1.56. The van der Waals surface area contributed by atoms with Crippen LogP contribution in [0.25, 0.3) is 10.2 Å². The largest absolute Gasteiger partial charge is 0.393 e. The van der Waals surface area contributed by atoms with Crippen LogP contribution in [0.15, 0.2) is 85.2 Å². The summed E-state index contributed by atoms with van der Waals surface area (Å²) in [6, 6.07) is 26.1. The van der Waals surface area contributed by atoms with E-state index in [4.69, 9.17) is 5.73 Å². The van der Waals surface area contributed by atoms with Crippen molar-refractivity contribution in [2.24, 2.45) is 0 Å². The van der Waals surface area contributed by atoms with Crippen molar-refractivity contribution >= 4 is 55.4 Å². The standard InChI is InChI=1S/C24H21N7S/c1-16-12-13-19-20(14-16)32-24(28-19)29-22-21(25)23(27-15-26-22)30-31(17-8-4-2-5-9-17)18-10-6-3-7-11-18/h2-15H,25H2,1H3,(H2,26,27,28,29,30). The summed E-state index contributed by atoms with van der Waals surface area (Å²) in [5.41, 5.74) is 14.2. The number of hydrogen-bond donors (Lipinski definition) is 3. The number of aromatic nitrogens is 3. The van der Waals surface area contributed by atoms with Crippen LogP contribution in [-0.2, 0) is 0 Å². The number of aryl methyl sites for hydroxylation is 1. The van der Waals surface area contributed by atoms with Crippen molar-refractivity contribution in [1.29, 1.82) is 0 Å². The van der Waals surface area contributed by atoms with Gasteiger partial charge in [0.05, 0.1) is 21.6 Å². The van der Waals surface area contributed by atoms with Crippen molar-refractivity contribution < 1.29 is 0 Å². The average Bonchev–Trinajstić information content (AvgIpc) is 3.22. The maximum atomic E-state index is 6.45. The number of anilines is 6. The number of thiazole rings is 1. The van der Waals surface area contributed by atoms with Gasteiger partial charge in [0.1, 0.15) is 12.0 Å². The second-order valence-corrected chi connectivity index (χ2v) is 8.25. The van der Waals surface area contributed by atoms with E-state index in [2.05, 4.69) is 44.8 Å². The van der Waals surface area contributed by atoms with E-state index >= 15 is 0 Å². The highest BCUT2D eigenvalue weighted by atomic mass is 32.1. The molecule has 0 aliphatic rings. The molecule has 8 heteroatoms. The molecule has 0 radical (unpaired) electrons. The third kappa shape index (κ3) is 4.03. The average molecular weight is 440 g/mol. The van der Waals surface area contributed by atoms with Crippen molar-refractivity contribution in [3.05, 3.63) is 90.8 Å². The van der Waals surface area contributed by atoms with Gasteiger partial charge in [-0.1, -0.05) is 53.8 Å². The van der Waals surface area contributed by atoms with Crippen LogP contribution >= 0.6 is 11.3 Å². The van der Waals surface area contributed by atoms with E-state index in [-0.39, 0.29) is 0 Å². The van der Waals surface area contributed by atoms with Crippen LogP contribution < -0.4 is 21.5 Å². The zero-order valence-corrected chi connectivity index (χ0v) is 18.2. The van der Waals surface area contributed by atoms with Crippen LogP contribution in [-0.4, -0.2) is 15.0 Å². The van der Waals surface area contributed by atoms with Crippen LogP contribution in [0.4, 0.5) is 33.8 Å². The van der Waals surface area contributed by atoms with Crippen molar-refractivity contribution in [2.45, 2.75) is 6.92 Å². The highest BCUT2D eigenvalue weighted by molar-refractivity contribution is 7.22. The Bertz CT molecular complexity index is 1310. The second kappa shape index (κ2) is 8.52. The maximum Gasteiger partial charge on any atom is 0.189 e. The van der Waals surface area contributed by atoms with Gasteiger partial charge >= 0.3 is 0 Å². The zero-order chi connectivity index (χ0) is 21.9. The number of nitrogens with two attached hydrogens (primary N) is 1. The Morgan fingerprint density at radius 2 is 1.50 bits per heavy atom. The molecule has 0 spiro atoms. The van der Waals surface area contributed by atoms with E-state index in [0.717, 1.165) is 26.7 Å². The smallest absolute Gasteiger partial charge is 0.189 e. The third-order valence-corrected chi connectivity index (χ3v) is 5.83. The molecule has 158 valence electrons. The summed E-state index contributed by atoms with van der Waals surface area (Å²) in [4.78, 5) is 13.4. The van der Waals surface area contributed by atoms with Gasteiger partial charge in [0.2, 0.25) is 0 Å². The van der Waals surface area contributed by atoms with Gasteiger partial charge in [-0.25, -0.2) is 15.0 Å². The molecule has 0 saturated heterocycles. The molecule has 0 fully saturated rings. The molecule has 0 aliphatic heterocycles. The van der Waals surface area contributed by atoms with Gasteiger partial charge in [-0.15, -0.1) is 0 Å². The molecule has 2 aromatic heterocycles. The van der Waals surface area contributed by atoms with Crippen molar-refractivity contribution in [3.63, 3.8) is 0 Å². The maximum absolute atomic E-state index is 6.45. The summed E-state index contributed by atoms with van der Waals surface area (Å²) in [5, 5.41) is 5.91. The fourth-order valence-electron chi connectivity index (χ4n) is 3.31. The molecule has 7 nitrogen and oxygen atoms in total. The molecule has 0 aliphatic carbocycles. The molecule has 5 aromatic rings. The Balaban J connectivity index is 1.46. The minimum atomic E-state index is 0.403. The van der Waals surface area contributed by atoms with Crippen LogP contribution in [0.1, 0.15) is 5.56 Å². The van der Waals surface area contributed by atoms with E-state index in [1.165, 1.54) is 11.9 Å². The molecule has 5 rings (SSSR count). The minimum absolute atomic E-state index is 0.403. The monoisotopic (exact) mass is 439 g/mol. The van der Waals surface area contributed by atoms with Crippen molar-refractivity contribution in [2.75, 3.05) is 21.5 Å². The molecule has 3 aromatic carbocycles. The molecule has 32 heavy (non-hydrogen) atoms. The molecule has 0 unspecified atom stereocenters. The number of nitrogens with one attached hydrogen (secondary N) is 2. The normalized spacial score (nSPS) is 10.8. The topological polar surface area (TPSA) is 92.0 Å². The number of fused-ring (bicyclic) bond motifs is 1. The molecule has 4 N–H and O–H groups in total. The SMILES string of the molecule is Cc1ccc2nc(Nc3ncnc(NN(c4ccccc4)c4ccccc4)c3N)sc2c1. The van der Waals surface area contributed by atoms with Crippen LogP contribution in [0.3, 0.4) is 0 Å². The fourth-order valence-corrected chi connectivity index (χ4v) is 4.27. The third-order valence-electron chi connectivity index (χ3n) is 4.90. The highest BCUT2D eigenvalue weighted by Gasteiger charge is 2.15. The van der Waals surface area contributed by atoms with Gasteiger partial charge < -0.3 is 11.1 Å². The number of benzene rings is 3. The second-order valence-electron chi connectivity index (χ2n) is 7.22. The van der Waals surface area contributed by atoms with Gasteiger partial charge in [-0.2, -0.15) is 0 Å². The van der Waals surface area contributed by atoms with E-state index in [9.17, 15) is 0 Å². The van der Waals surface area contributed by atoms with Gasteiger partial charge in [0.15, 0.2) is 16.8 Å². The first-order chi connectivity index (χ1) is 15.7. The van der Waals surface area contributed by atoms with E-state index in [0.29, 0.717) is 17.3 Å². The van der Waals surface area contributed by atoms with Gasteiger partial charge in [0, 0.05) is 0 Å². The fraction of sp³-hybridized carbons (Fsp3) is 0.0417. The Hall–Kier alpha value is -4.17. The number of nitrogens with zero attached hydrogens (tertiary/aromatic N) is 4. The highest BCUT2D eigenvalue weighted by Crippen LogP contribution is 2.33. The lowest BCUT2D eigenvalue weighted by molar-refractivity contribution is 1.09. The number of nitrogen functional groups attached to an aromatic ring is 1. The summed E-state index contributed by atoms with van der Waals surface area (Å²) in [6.45, 7) is 2.07. The number of hydrogen-bond acceptors (Lipinski definition) is 8.